The SMILES string of the molecule is CC(=O)n1nc(C)c(CN)c1C. The Kier molecular flexibility index (Phi) is 2.28. The maximum absolute atomic E-state index is 11.0. The number of nitrogens with two attached hydrogens (primary N) is 1. The summed E-state index contributed by atoms with van der Waals surface area (Å²) in [6.07, 6.45) is 0. The predicted octanol–water partition coefficient (Wildman–Crippen LogP) is 0.619. The number of nitrogens with zero attached hydrogens (tertiary/aromatic N) is 2. The summed E-state index contributed by atoms with van der Waals surface area (Å²) in [5.74, 6) is -0.0738. The molecule has 0 amide bonds. The van der Waals surface area contributed by atoms with Crippen LogP contribution in [0.5, 0.6) is 0 Å². The monoisotopic (exact) mass is 167 g/mol. The fourth-order valence-corrected chi connectivity index (χ4v) is 1.28. The van der Waals surface area contributed by atoms with Gasteiger partial charge < -0.3 is 5.73 Å². The molecule has 12 heavy (non-hydrogen) atoms. The van der Waals surface area contributed by atoms with Crippen molar-refractivity contribution >= 4 is 5.91 Å². The van der Waals surface area contributed by atoms with E-state index in [0.29, 0.717) is 6.54 Å². The molecule has 0 unspecified atom stereocenters. The van der Waals surface area contributed by atoms with Crippen molar-refractivity contribution in [1.82, 2.24) is 9.78 Å². The van der Waals surface area contributed by atoms with E-state index in [0.717, 1.165) is 17.0 Å². The van der Waals surface area contributed by atoms with Gasteiger partial charge >= 0.3 is 0 Å². The summed E-state index contributed by atoms with van der Waals surface area (Å²) in [6, 6.07) is 0. The Balaban J connectivity index is 3.26. The Morgan fingerprint density at radius 3 is 2.42 bits per heavy atom. The minimum atomic E-state index is -0.0738. The number of aryl methyl sites for hydroxylation is 1. The van der Waals surface area contributed by atoms with E-state index in [1.807, 2.05) is 13.8 Å². The van der Waals surface area contributed by atoms with E-state index in [9.17, 15) is 4.79 Å². The van der Waals surface area contributed by atoms with Crippen LogP contribution in [-0.4, -0.2) is 15.7 Å². The molecule has 0 fully saturated rings. The van der Waals surface area contributed by atoms with Crippen LogP contribution in [0.15, 0.2) is 0 Å². The van der Waals surface area contributed by atoms with Gasteiger partial charge in [-0.1, -0.05) is 0 Å². The number of aromatic nitrogens is 2. The smallest absolute Gasteiger partial charge is 0.243 e. The van der Waals surface area contributed by atoms with Gasteiger partial charge in [-0.05, 0) is 13.8 Å². The number of hydrogen-bond acceptors (Lipinski definition) is 3. The zero-order valence-corrected chi connectivity index (χ0v) is 7.59. The van der Waals surface area contributed by atoms with Crippen molar-refractivity contribution in [3.05, 3.63) is 17.0 Å². The minimum absolute atomic E-state index is 0.0738. The van der Waals surface area contributed by atoms with E-state index in [1.165, 1.54) is 11.6 Å². The van der Waals surface area contributed by atoms with Gasteiger partial charge in [0, 0.05) is 24.7 Å². The van der Waals surface area contributed by atoms with Crippen LogP contribution < -0.4 is 5.73 Å². The van der Waals surface area contributed by atoms with E-state index in [4.69, 9.17) is 5.73 Å². The standard InChI is InChI=1S/C8H13N3O/c1-5-8(4-9)6(2)11(10-5)7(3)12/h4,9H2,1-3H3. The number of hydrogen-bond donors (Lipinski definition) is 1. The average molecular weight is 167 g/mol. The van der Waals surface area contributed by atoms with Gasteiger partial charge in [0.05, 0.1) is 5.69 Å². The van der Waals surface area contributed by atoms with Crippen molar-refractivity contribution in [2.24, 2.45) is 5.73 Å². The first kappa shape index (κ1) is 8.93. The maximum Gasteiger partial charge on any atom is 0.243 e. The molecular weight excluding hydrogens is 154 g/mol. The third-order valence-electron chi connectivity index (χ3n) is 1.94. The van der Waals surface area contributed by atoms with Crippen molar-refractivity contribution in [1.29, 1.82) is 0 Å². The van der Waals surface area contributed by atoms with Crippen LogP contribution in [0, 0.1) is 13.8 Å². The van der Waals surface area contributed by atoms with Crippen LogP contribution in [0.4, 0.5) is 0 Å². The molecule has 4 nitrogen and oxygen atoms in total. The molecule has 1 aromatic rings. The fourth-order valence-electron chi connectivity index (χ4n) is 1.28. The summed E-state index contributed by atoms with van der Waals surface area (Å²) in [4.78, 5) is 11.0. The number of carbonyl (C=O) groups is 1. The first-order valence-corrected chi connectivity index (χ1v) is 3.84. The highest BCUT2D eigenvalue weighted by atomic mass is 16.2. The Labute approximate surface area is 71.4 Å². The largest absolute Gasteiger partial charge is 0.326 e. The van der Waals surface area contributed by atoms with Crippen LogP contribution in [0.3, 0.4) is 0 Å². The second-order valence-electron chi connectivity index (χ2n) is 2.78. The molecular formula is C8H13N3O. The molecule has 0 bridgehead atoms. The van der Waals surface area contributed by atoms with Crippen molar-refractivity contribution in [2.45, 2.75) is 27.3 Å². The lowest BCUT2D eigenvalue weighted by Gasteiger charge is -1.97. The summed E-state index contributed by atoms with van der Waals surface area (Å²) >= 11 is 0. The Morgan fingerprint density at radius 1 is 1.58 bits per heavy atom. The van der Waals surface area contributed by atoms with Gasteiger partial charge in [-0.25, -0.2) is 4.68 Å². The van der Waals surface area contributed by atoms with Gasteiger partial charge in [0.15, 0.2) is 0 Å². The van der Waals surface area contributed by atoms with Crippen molar-refractivity contribution in [2.75, 3.05) is 0 Å². The van der Waals surface area contributed by atoms with Gasteiger partial charge in [0.25, 0.3) is 0 Å². The Bertz CT molecular complexity index is 314. The Morgan fingerprint density at radius 2 is 2.17 bits per heavy atom. The second-order valence-corrected chi connectivity index (χ2v) is 2.78. The lowest BCUT2D eigenvalue weighted by Crippen LogP contribution is -2.10. The third kappa shape index (κ3) is 1.25. The lowest BCUT2D eigenvalue weighted by atomic mass is 10.2. The van der Waals surface area contributed by atoms with E-state index in [1.54, 1.807) is 0 Å². The summed E-state index contributed by atoms with van der Waals surface area (Å²) < 4.78 is 1.39. The molecule has 1 aromatic heterocycles. The maximum atomic E-state index is 11.0. The first-order chi connectivity index (χ1) is 5.57. The molecule has 4 heteroatoms. The summed E-state index contributed by atoms with van der Waals surface area (Å²) in [6.45, 7) is 5.63. The molecule has 0 aliphatic heterocycles. The van der Waals surface area contributed by atoms with Gasteiger partial charge in [0.1, 0.15) is 0 Å². The summed E-state index contributed by atoms with van der Waals surface area (Å²) in [5.41, 5.74) is 8.15. The molecule has 0 aliphatic carbocycles. The van der Waals surface area contributed by atoms with Crippen molar-refractivity contribution < 1.29 is 4.79 Å². The third-order valence-corrected chi connectivity index (χ3v) is 1.94. The fraction of sp³-hybridized carbons (Fsp3) is 0.500. The second kappa shape index (κ2) is 3.06. The van der Waals surface area contributed by atoms with Crippen LogP contribution in [0.2, 0.25) is 0 Å². The first-order valence-electron chi connectivity index (χ1n) is 3.84. The predicted molar refractivity (Wildman–Crippen MR) is 45.9 cm³/mol. The highest BCUT2D eigenvalue weighted by molar-refractivity contribution is 5.76. The zero-order chi connectivity index (χ0) is 9.30. The van der Waals surface area contributed by atoms with Crippen molar-refractivity contribution in [3.63, 3.8) is 0 Å². The molecule has 1 heterocycles. The van der Waals surface area contributed by atoms with Gasteiger partial charge in [-0.15, -0.1) is 0 Å². The molecule has 0 saturated heterocycles. The molecule has 0 radical (unpaired) electrons. The molecule has 2 N–H and O–H groups in total. The molecule has 0 spiro atoms. The lowest BCUT2D eigenvalue weighted by molar-refractivity contribution is 0.0918. The van der Waals surface area contributed by atoms with Crippen LogP contribution in [-0.2, 0) is 6.54 Å². The number of carbonyl (C=O) groups excluding carboxylic acids is 1. The summed E-state index contributed by atoms with van der Waals surface area (Å²) in [5, 5.41) is 4.07. The van der Waals surface area contributed by atoms with Gasteiger partial charge in [0.2, 0.25) is 5.91 Å². The van der Waals surface area contributed by atoms with E-state index >= 15 is 0 Å². The number of rotatable bonds is 1. The van der Waals surface area contributed by atoms with Crippen LogP contribution in [0.1, 0.15) is 28.7 Å². The highest BCUT2D eigenvalue weighted by Crippen LogP contribution is 2.11. The van der Waals surface area contributed by atoms with Gasteiger partial charge in [-0.3, -0.25) is 4.79 Å². The van der Waals surface area contributed by atoms with Crippen molar-refractivity contribution in [3.8, 4) is 0 Å². The summed E-state index contributed by atoms with van der Waals surface area (Å²) in [7, 11) is 0. The molecule has 0 aliphatic rings. The minimum Gasteiger partial charge on any atom is -0.326 e. The topological polar surface area (TPSA) is 60.9 Å². The molecule has 0 aromatic carbocycles. The molecule has 0 saturated carbocycles. The van der Waals surface area contributed by atoms with E-state index in [-0.39, 0.29) is 5.91 Å². The quantitative estimate of drug-likeness (QED) is 0.667. The normalized spacial score (nSPS) is 10.3. The van der Waals surface area contributed by atoms with E-state index < -0.39 is 0 Å². The molecule has 66 valence electrons. The molecule has 0 atom stereocenters. The van der Waals surface area contributed by atoms with Crippen LogP contribution in [0.25, 0.3) is 0 Å². The highest BCUT2D eigenvalue weighted by Gasteiger charge is 2.11. The molecule has 1 rings (SSSR count). The Hall–Kier alpha value is -1.16. The average Bonchev–Trinajstić information content (AvgIpc) is 2.27. The van der Waals surface area contributed by atoms with Crippen LogP contribution >= 0.6 is 0 Å². The van der Waals surface area contributed by atoms with Gasteiger partial charge in [-0.2, -0.15) is 5.10 Å². The zero-order valence-electron chi connectivity index (χ0n) is 7.59. The van der Waals surface area contributed by atoms with E-state index in [2.05, 4.69) is 5.10 Å².